The monoisotopic (exact) mass is 256 g/mol. The second-order valence-electron chi connectivity index (χ2n) is 3.96. The number of benzene rings is 1. The summed E-state index contributed by atoms with van der Waals surface area (Å²) in [6, 6.07) is 5.82. The van der Waals surface area contributed by atoms with Gasteiger partial charge in [0, 0.05) is 39.9 Å². The molecule has 0 radical (unpaired) electrons. The first-order chi connectivity index (χ1) is 8.84. The molecule has 2 heterocycles. The standard InChI is InChI=1S/C13H12N4S/c14-12-1-2-13(11-6-15-4-3-10(11)12)16-5-9-7-18-8-17-9/h1-4,6-8,16H,5,14H2. The summed E-state index contributed by atoms with van der Waals surface area (Å²) in [5.74, 6) is 0. The summed E-state index contributed by atoms with van der Waals surface area (Å²) >= 11 is 1.60. The van der Waals surface area contributed by atoms with Crippen LogP contribution in [0.1, 0.15) is 5.69 Å². The molecule has 4 nitrogen and oxygen atoms in total. The van der Waals surface area contributed by atoms with E-state index in [1.807, 2.05) is 35.3 Å². The van der Waals surface area contributed by atoms with Gasteiger partial charge < -0.3 is 11.1 Å². The van der Waals surface area contributed by atoms with Crippen LogP contribution in [0.5, 0.6) is 0 Å². The first-order valence-corrected chi connectivity index (χ1v) is 6.52. The number of aromatic nitrogens is 2. The highest BCUT2D eigenvalue weighted by molar-refractivity contribution is 7.07. The number of nitrogens with zero attached hydrogens (tertiary/aromatic N) is 2. The number of fused-ring (bicyclic) bond motifs is 1. The zero-order valence-corrected chi connectivity index (χ0v) is 10.4. The van der Waals surface area contributed by atoms with Gasteiger partial charge in [-0.1, -0.05) is 0 Å². The highest BCUT2D eigenvalue weighted by atomic mass is 32.1. The van der Waals surface area contributed by atoms with E-state index < -0.39 is 0 Å². The van der Waals surface area contributed by atoms with Crippen LogP contribution < -0.4 is 11.1 Å². The van der Waals surface area contributed by atoms with E-state index in [1.54, 1.807) is 17.5 Å². The Morgan fingerprint density at radius 1 is 1.22 bits per heavy atom. The van der Waals surface area contributed by atoms with Crippen LogP contribution in [0.25, 0.3) is 10.8 Å². The minimum Gasteiger partial charge on any atom is -0.398 e. The van der Waals surface area contributed by atoms with Crippen molar-refractivity contribution in [1.29, 1.82) is 0 Å². The van der Waals surface area contributed by atoms with Crippen molar-refractivity contribution in [3.8, 4) is 0 Å². The molecule has 3 aromatic rings. The molecule has 0 saturated heterocycles. The average Bonchev–Trinajstić information content (AvgIpc) is 2.92. The molecule has 3 rings (SSSR count). The quantitative estimate of drug-likeness (QED) is 0.707. The molecule has 0 aliphatic heterocycles. The fraction of sp³-hybridized carbons (Fsp3) is 0.0769. The van der Waals surface area contributed by atoms with Crippen molar-refractivity contribution in [3.63, 3.8) is 0 Å². The Bertz CT molecular complexity index is 664. The summed E-state index contributed by atoms with van der Waals surface area (Å²) in [7, 11) is 0. The van der Waals surface area contributed by atoms with Gasteiger partial charge in [-0.05, 0) is 18.2 Å². The third kappa shape index (κ3) is 2.00. The van der Waals surface area contributed by atoms with Crippen molar-refractivity contribution in [2.75, 3.05) is 11.1 Å². The maximum atomic E-state index is 5.95. The van der Waals surface area contributed by atoms with E-state index in [4.69, 9.17) is 5.73 Å². The molecule has 18 heavy (non-hydrogen) atoms. The van der Waals surface area contributed by atoms with E-state index in [0.717, 1.165) is 27.8 Å². The molecule has 0 saturated carbocycles. The van der Waals surface area contributed by atoms with Crippen molar-refractivity contribution in [1.82, 2.24) is 9.97 Å². The van der Waals surface area contributed by atoms with E-state index in [2.05, 4.69) is 15.3 Å². The van der Waals surface area contributed by atoms with Gasteiger partial charge in [0.2, 0.25) is 0 Å². The van der Waals surface area contributed by atoms with Gasteiger partial charge in [0.1, 0.15) is 0 Å². The van der Waals surface area contributed by atoms with E-state index in [1.165, 1.54) is 0 Å². The van der Waals surface area contributed by atoms with Gasteiger partial charge >= 0.3 is 0 Å². The molecule has 90 valence electrons. The third-order valence-electron chi connectivity index (χ3n) is 2.80. The molecule has 0 aliphatic rings. The zero-order chi connectivity index (χ0) is 12.4. The SMILES string of the molecule is Nc1ccc(NCc2cscn2)c2cnccc12. The van der Waals surface area contributed by atoms with Crippen LogP contribution in [0, 0.1) is 0 Å². The second-order valence-corrected chi connectivity index (χ2v) is 4.68. The summed E-state index contributed by atoms with van der Waals surface area (Å²) < 4.78 is 0. The highest BCUT2D eigenvalue weighted by Gasteiger charge is 2.04. The Hall–Kier alpha value is -2.14. The van der Waals surface area contributed by atoms with Crippen LogP contribution in [0.15, 0.2) is 41.5 Å². The summed E-state index contributed by atoms with van der Waals surface area (Å²) in [4.78, 5) is 8.40. The Balaban J connectivity index is 1.94. The van der Waals surface area contributed by atoms with Gasteiger partial charge in [-0.15, -0.1) is 11.3 Å². The minimum atomic E-state index is 0.706. The number of nitrogens with two attached hydrogens (primary N) is 1. The normalized spacial score (nSPS) is 10.7. The lowest BCUT2D eigenvalue weighted by molar-refractivity contribution is 1.08. The highest BCUT2D eigenvalue weighted by Crippen LogP contribution is 2.27. The molecule has 1 aromatic carbocycles. The Labute approximate surface area is 109 Å². The number of pyridine rings is 1. The number of hydrogen-bond acceptors (Lipinski definition) is 5. The van der Waals surface area contributed by atoms with Crippen molar-refractivity contribution in [2.24, 2.45) is 0 Å². The fourth-order valence-corrected chi connectivity index (χ4v) is 2.44. The predicted molar refractivity (Wildman–Crippen MR) is 75.6 cm³/mol. The van der Waals surface area contributed by atoms with Gasteiger partial charge in [-0.2, -0.15) is 0 Å². The molecule has 0 spiro atoms. The molecule has 0 unspecified atom stereocenters. The number of rotatable bonds is 3. The van der Waals surface area contributed by atoms with Crippen molar-refractivity contribution >= 4 is 33.5 Å². The van der Waals surface area contributed by atoms with Crippen LogP contribution >= 0.6 is 11.3 Å². The number of anilines is 2. The van der Waals surface area contributed by atoms with Gasteiger partial charge in [-0.25, -0.2) is 4.98 Å². The van der Waals surface area contributed by atoms with E-state index >= 15 is 0 Å². The van der Waals surface area contributed by atoms with Crippen LogP contribution in [-0.2, 0) is 6.54 Å². The molecule has 5 heteroatoms. The fourth-order valence-electron chi connectivity index (χ4n) is 1.88. The largest absolute Gasteiger partial charge is 0.398 e. The van der Waals surface area contributed by atoms with Gasteiger partial charge in [0.05, 0.1) is 17.7 Å². The maximum Gasteiger partial charge on any atom is 0.0795 e. The molecule has 0 bridgehead atoms. The molecule has 0 amide bonds. The van der Waals surface area contributed by atoms with Crippen LogP contribution in [0.3, 0.4) is 0 Å². The first-order valence-electron chi connectivity index (χ1n) is 5.58. The van der Waals surface area contributed by atoms with E-state index in [9.17, 15) is 0 Å². The van der Waals surface area contributed by atoms with E-state index in [-0.39, 0.29) is 0 Å². The Kier molecular flexibility index (Phi) is 2.82. The van der Waals surface area contributed by atoms with Crippen molar-refractivity contribution in [3.05, 3.63) is 47.2 Å². The van der Waals surface area contributed by atoms with Crippen LogP contribution in [0.2, 0.25) is 0 Å². The molecule has 2 aromatic heterocycles. The van der Waals surface area contributed by atoms with E-state index in [0.29, 0.717) is 6.54 Å². The maximum absolute atomic E-state index is 5.95. The second kappa shape index (κ2) is 4.62. The molecule has 0 atom stereocenters. The summed E-state index contributed by atoms with van der Waals surface area (Å²) in [5, 5.41) is 7.45. The molecule has 3 N–H and O–H groups in total. The summed E-state index contributed by atoms with van der Waals surface area (Å²) in [6.45, 7) is 0.706. The first kappa shape index (κ1) is 11.0. The zero-order valence-electron chi connectivity index (χ0n) is 9.63. The lowest BCUT2D eigenvalue weighted by Crippen LogP contribution is -2.01. The van der Waals surface area contributed by atoms with Crippen LogP contribution in [-0.4, -0.2) is 9.97 Å². The summed E-state index contributed by atoms with van der Waals surface area (Å²) in [6.07, 6.45) is 3.58. The lowest BCUT2D eigenvalue weighted by Gasteiger charge is -2.09. The van der Waals surface area contributed by atoms with Gasteiger partial charge in [0.15, 0.2) is 0 Å². The average molecular weight is 256 g/mol. The predicted octanol–water partition coefficient (Wildman–Crippen LogP) is 2.89. The molecule has 0 aliphatic carbocycles. The van der Waals surface area contributed by atoms with Crippen molar-refractivity contribution < 1.29 is 0 Å². The van der Waals surface area contributed by atoms with Crippen molar-refractivity contribution in [2.45, 2.75) is 6.54 Å². The molecular formula is C13H12N4S. The number of nitrogens with one attached hydrogen (secondary N) is 1. The molecular weight excluding hydrogens is 244 g/mol. The van der Waals surface area contributed by atoms with Gasteiger partial charge in [-0.3, -0.25) is 4.98 Å². The number of nitrogen functional groups attached to an aromatic ring is 1. The Morgan fingerprint density at radius 3 is 3.00 bits per heavy atom. The summed E-state index contributed by atoms with van der Waals surface area (Å²) in [5.41, 5.74) is 10.6. The Morgan fingerprint density at radius 2 is 2.17 bits per heavy atom. The third-order valence-corrected chi connectivity index (χ3v) is 3.43. The minimum absolute atomic E-state index is 0.706. The lowest BCUT2D eigenvalue weighted by atomic mass is 10.1. The van der Waals surface area contributed by atoms with Crippen LogP contribution in [0.4, 0.5) is 11.4 Å². The number of thiazole rings is 1. The van der Waals surface area contributed by atoms with Gasteiger partial charge in [0.25, 0.3) is 0 Å². The number of hydrogen-bond donors (Lipinski definition) is 2. The topological polar surface area (TPSA) is 63.8 Å². The smallest absolute Gasteiger partial charge is 0.0795 e. The molecule has 0 fully saturated rings.